The van der Waals surface area contributed by atoms with Crippen molar-refractivity contribution in [3.63, 3.8) is 0 Å². The standard InChI is InChI=1S/C8H5ClF2O2S/c9-8-5(11)1-4(10)2-6(8)14-3-7(12)13/h1-2H,3H2,(H,12,13). The lowest BCUT2D eigenvalue weighted by Gasteiger charge is -2.03. The molecule has 14 heavy (non-hydrogen) atoms. The van der Waals surface area contributed by atoms with E-state index in [1.165, 1.54) is 0 Å². The number of carboxylic acid groups (broad SMARTS) is 1. The molecule has 1 rings (SSSR count). The van der Waals surface area contributed by atoms with Gasteiger partial charge in [-0.25, -0.2) is 8.78 Å². The van der Waals surface area contributed by atoms with Crippen molar-refractivity contribution >= 4 is 29.3 Å². The Kier molecular flexibility index (Phi) is 3.71. The van der Waals surface area contributed by atoms with Gasteiger partial charge in [0.25, 0.3) is 0 Å². The van der Waals surface area contributed by atoms with E-state index in [1.54, 1.807) is 0 Å². The van der Waals surface area contributed by atoms with Crippen molar-refractivity contribution < 1.29 is 18.7 Å². The average Bonchev–Trinajstić information content (AvgIpc) is 2.08. The average molecular weight is 239 g/mol. The van der Waals surface area contributed by atoms with Crippen molar-refractivity contribution in [3.05, 3.63) is 28.8 Å². The predicted molar refractivity (Wildman–Crippen MR) is 49.7 cm³/mol. The summed E-state index contributed by atoms with van der Waals surface area (Å²) in [7, 11) is 0. The molecule has 2 nitrogen and oxygen atoms in total. The van der Waals surface area contributed by atoms with Crippen LogP contribution in [0.5, 0.6) is 0 Å². The van der Waals surface area contributed by atoms with Gasteiger partial charge >= 0.3 is 5.97 Å². The minimum absolute atomic E-state index is 0.0894. The second-order valence-corrected chi connectivity index (χ2v) is 3.78. The number of aliphatic carboxylic acids is 1. The van der Waals surface area contributed by atoms with E-state index in [4.69, 9.17) is 16.7 Å². The lowest BCUT2D eigenvalue weighted by molar-refractivity contribution is -0.133. The molecule has 0 aliphatic heterocycles. The molecule has 6 heteroatoms. The number of hydrogen-bond donors (Lipinski definition) is 1. The van der Waals surface area contributed by atoms with Gasteiger partial charge in [-0.2, -0.15) is 0 Å². The Labute approximate surface area is 87.9 Å². The second-order valence-electron chi connectivity index (χ2n) is 2.38. The first-order valence-corrected chi connectivity index (χ1v) is 4.86. The minimum Gasteiger partial charge on any atom is -0.481 e. The molecule has 0 amide bonds. The number of carboxylic acids is 1. The predicted octanol–water partition coefficient (Wildman–Crippen LogP) is 2.79. The summed E-state index contributed by atoms with van der Waals surface area (Å²) in [4.78, 5) is 10.3. The molecule has 0 bridgehead atoms. The lowest BCUT2D eigenvalue weighted by atomic mass is 10.3. The van der Waals surface area contributed by atoms with Crippen molar-refractivity contribution in [2.24, 2.45) is 0 Å². The molecular weight excluding hydrogens is 234 g/mol. The van der Waals surface area contributed by atoms with E-state index in [9.17, 15) is 13.6 Å². The number of hydrogen-bond acceptors (Lipinski definition) is 2. The maximum absolute atomic E-state index is 12.8. The van der Waals surface area contributed by atoms with Crippen molar-refractivity contribution in [1.82, 2.24) is 0 Å². The summed E-state index contributed by atoms with van der Waals surface area (Å²) in [6.07, 6.45) is 0. The number of halogens is 3. The number of rotatable bonds is 3. The molecular formula is C8H5ClF2O2S. The van der Waals surface area contributed by atoms with Crippen LogP contribution in [0.1, 0.15) is 0 Å². The normalized spacial score (nSPS) is 10.2. The largest absolute Gasteiger partial charge is 0.481 e. The van der Waals surface area contributed by atoms with Gasteiger partial charge in [-0.05, 0) is 6.07 Å². The molecule has 1 aromatic rings. The summed E-state index contributed by atoms with van der Waals surface area (Å²) in [5.74, 6) is -3.03. The second kappa shape index (κ2) is 4.61. The van der Waals surface area contributed by atoms with Crippen molar-refractivity contribution in [3.8, 4) is 0 Å². The topological polar surface area (TPSA) is 37.3 Å². The highest BCUT2D eigenvalue weighted by molar-refractivity contribution is 8.00. The molecule has 0 saturated heterocycles. The minimum atomic E-state index is -1.07. The van der Waals surface area contributed by atoms with Gasteiger partial charge in [-0.1, -0.05) is 11.6 Å². The SMILES string of the molecule is O=C(O)CSc1cc(F)cc(F)c1Cl. The van der Waals surface area contributed by atoms with Gasteiger partial charge in [0.2, 0.25) is 0 Å². The first-order chi connectivity index (χ1) is 6.50. The summed E-state index contributed by atoms with van der Waals surface area (Å²) in [5.41, 5.74) is 0. The zero-order chi connectivity index (χ0) is 10.7. The van der Waals surface area contributed by atoms with Crippen LogP contribution in [0.15, 0.2) is 17.0 Å². The first kappa shape index (κ1) is 11.3. The Morgan fingerprint density at radius 1 is 1.50 bits per heavy atom. The maximum atomic E-state index is 12.8. The fourth-order valence-electron chi connectivity index (χ4n) is 0.777. The fraction of sp³-hybridized carbons (Fsp3) is 0.125. The molecule has 76 valence electrons. The Bertz CT molecular complexity index is 371. The Morgan fingerprint density at radius 3 is 2.71 bits per heavy atom. The Balaban J connectivity index is 2.90. The molecule has 1 N–H and O–H groups in total. The van der Waals surface area contributed by atoms with E-state index in [2.05, 4.69) is 0 Å². The maximum Gasteiger partial charge on any atom is 0.313 e. The van der Waals surface area contributed by atoms with Gasteiger partial charge in [0.1, 0.15) is 11.6 Å². The fourth-order valence-corrected chi connectivity index (χ4v) is 1.75. The van der Waals surface area contributed by atoms with Crippen LogP contribution in [0, 0.1) is 11.6 Å². The van der Waals surface area contributed by atoms with Crippen LogP contribution in [0.3, 0.4) is 0 Å². The van der Waals surface area contributed by atoms with Crippen LogP contribution < -0.4 is 0 Å². The Morgan fingerprint density at radius 2 is 2.14 bits per heavy atom. The molecule has 0 spiro atoms. The quantitative estimate of drug-likeness (QED) is 0.650. The molecule has 0 radical (unpaired) electrons. The summed E-state index contributed by atoms with van der Waals surface area (Å²) >= 11 is 6.27. The molecule has 0 aliphatic carbocycles. The molecule has 0 saturated carbocycles. The third kappa shape index (κ3) is 2.85. The highest BCUT2D eigenvalue weighted by Crippen LogP contribution is 2.30. The van der Waals surface area contributed by atoms with E-state index in [1.807, 2.05) is 0 Å². The van der Waals surface area contributed by atoms with Crippen molar-refractivity contribution in [1.29, 1.82) is 0 Å². The van der Waals surface area contributed by atoms with Crippen molar-refractivity contribution in [2.75, 3.05) is 5.75 Å². The number of carbonyl (C=O) groups is 1. The van der Waals surface area contributed by atoms with Gasteiger partial charge in [-0.3, -0.25) is 4.79 Å². The molecule has 1 aromatic carbocycles. The molecule has 0 aliphatic rings. The van der Waals surface area contributed by atoms with Gasteiger partial charge in [0.05, 0.1) is 10.8 Å². The molecule has 0 heterocycles. The molecule has 0 unspecified atom stereocenters. The zero-order valence-corrected chi connectivity index (χ0v) is 8.33. The van der Waals surface area contributed by atoms with E-state index in [0.29, 0.717) is 6.07 Å². The highest BCUT2D eigenvalue weighted by Gasteiger charge is 2.10. The summed E-state index contributed by atoms with van der Waals surface area (Å²) in [6, 6.07) is 1.65. The van der Waals surface area contributed by atoms with Crippen LogP contribution >= 0.6 is 23.4 Å². The van der Waals surface area contributed by atoms with Crippen LogP contribution in [0.4, 0.5) is 8.78 Å². The van der Waals surface area contributed by atoms with Crippen LogP contribution in [0.25, 0.3) is 0 Å². The van der Waals surface area contributed by atoms with Crippen LogP contribution in [-0.4, -0.2) is 16.8 Å². The molecule has 0 aromatic heterocycles. The lowest BCUT2D eigenvalue weighted by Crippen LogP contribution is -1.98. The molecule has 0 atom stereocenters. The highest BCUT2D eigenvalue weighted by atomic mass is 35.5. The van der Waals surface area contributed by atoms with E-state index in [0.717, 1.165) is 17.8 Å². The van der Waals surface area contributed by atoms with Gasteiger partial charge in [0, 0.05) is 11.0 Å². The van der Waals surface area contributed by atoms with Gasteiger partial charge in [0.15, 0.2) is 0 Å². The van der Waals surface area contributed by atoms with E-state index >= 15 is 0 Å². The van der Waals surface area contributed by atoms with Gasteiger partial charge in [-0.15, -0.1) is 11.8 Å². The summed E-state index contributed by atoms with van der Waals surface area (Å²) in [6.45, 7) is 0. The summed E-state index contributed by atoms with van der Waals surface area (Å²) in [5, 5.41) is 8.10. The third-order valence-corrected chi connectivity index (χ3v) is 2.83. The monoisotopic (exact) mass is 238 g/mol. The number of benzene rings is 1. The number of thioether (sulfide) groups is 1. The smallest absolute Gasteiger partial charge is 0.313 e. The Hall–Kier alpha value is -0.810. The van der Waals surface area contributed by atoms with Crippen LogP contribution in [0.2, 0.25) is 5.02 Å². The van der Waals surface area contributed by atoms with Gasteiger partial charge < -0.3 is 5.11 Å². The van der Waals surface area contributed by atoms with E-state index < -0.39 is 17.6 Å². The zero-order valence-electron chi connectivity index (χ0n) is 6.76. The summed E-state index contributed by atoms with van der Waals surface area (Å²) < 4.78 is 25.5. The third-order valence-electron chi connectivity index (χ3n) is 1.31. The first-order valence-electron chi connectivity index (χ1n) is 3.50. The van der Waals surface area contributed by atoms with Crippen molar-refractivity contribution in [2.45, 2.75) is 4.90 Å². The van der Waals surface area contributed by atoms with Crippen LogP contribution in [-0.2, 0) is 4.79 Å². The molecule has 0 fully saturated rings. The van der Waals surface area contributed by atoms with E-state index in [-0.39, 0.29) is 15.7 Å².